The fourth-order valence-electron chi connectivity index (χ4n) is 2.42. The zero-order valence-corrected chi connectivity index (χ0v) is 12.9. The zero-order chi connectivity index (χ0) is 16.5. The molecule has 1 N–H and O–H groups in total. The minimum absolute atomic E-state index is 0.0802. The number of carbonyl (C=O) groups excluding carboxylic acids is 1. The Hall–Kier alpha value is -3.42. The number of rotatable bonds is 4. The Labute approximate surface area is 136 Å². The van der Waals surface area contributed by atoms with Crippen molar-refractivity contribution in [2.75, 3.05) is 5.32 Å². The first-order chi connectivity index (χ1) is 11.7. The van der Waals surface area contributed by atoms with Crippen molar-refractivity contribution < 1.29 is 9.21 Å². The van der Waals surface area contributed by atoms with Crippen LogP contribution in [-0.2, 0) is 18.4 Å². The molecule has 1 amide bonds. The van der Waals surface area contributed by atoms with Crippen LogP contribution in [0.1, 0.15) is 0 Å². The molecule has 24 heavy (non-hydrogen) atoms. The maximum Gasteiger partial charge on any atom is 0.247 e. The monoisotopic (exact) mass is 322 g/mol. The molecular weight excluding hydrogens is 308 g/mol. The van der Waals surface area contributed by atoms with Crippen LogP contribution in [0.2, 0.25) is 0 Å². The second-order valence-corrected chi connectivity index (χ2v) is 5.31. The maximum atomic E-state index is 12.0. The van der Waals surface area contributed by atoms with E-state index in [1.54, 1.807) is 17.9 Å². The van der Waals surface area contributed by atoms with Crippen LogP contribution in [0.4, 0.5) is 5.82 Å². The second-order valence-electron chi connectivity index (χ2n) is 5.31. The summed E-state index contributed by atoms with van der Waals surface area (Å²) in [7, 11) is 1.68. The number of hydrogen-bond donors (Lipinski definition) is 1. The summed E-state index contributed by atoms with van der Waals surface area (Å²) in [5, 5.41) is 16.0. The van der Waals surface area contributed by atoms with Gasteiger partial charge in [-0.15, -0.1) is 5.10 Å². The molecule has 0 fully saturated rings. The number of furan rings is 1. The van der Waals surface area contributed by atoms with Gasteiger partial charge in [-0.2, -0.15) is 15.0 Å². The zero-order valence-electron chi connectivity index (χ0n) is 12.9. The molecule has 8 nitrogen and oxygen atoms in total. The minimum atomic E-state index is -0.227. The van der Waals surface area contributed by atoms with Crippen LogP contribution in [0.15, 0.2) is 53.2 Å². The Morgan fingerprint density at radius 2 is 2.12 bits per heavy atom. The molecule has 0 saturated heterocycles. The van der Waals surface area contributed by atoms with Crippen LogP contribution in [0.3, 0.4) is 0 Å². The first kappa shape index (κ1) is 14.2. The lowest BCUT2D eigenvalue weighted by molar-refractivity contribution is -0.116. The van der Waals surface area contributed by atoms with Gasteiger partial charge in [-0.05, 0) is 18.2 Å². The topological polar surface area (TPSA) is 90.8 Å². The molecule has 0 aliphatic rings. The second kappa shape index (κ2) is 5.65. The third kappa shape index (κ3) is 2.76. The summed E-state index contributed by atoms with van der Waals surface area (Å²) >= 11 is 0. The standard InChI is InChI=1S/C16H14N6O2/c1-21-17-9-15(20-21)18-16(23)10-22-7-6-12(19-22)14-8-11-4-2-3-5-13(11)24-14/h2-9H,10H2,1H3,(H,18,20,23). The van der Waals surface area contributed by atoms with Crippen LogP contribution < -0.4 is 5.32 Å². The molecule has 0 unspecified atom stereocenters. The first-order valence-corrected chi connectivity index (χ1v) is 7.36. The van der Waals surface area contributed by atoms with Gasteiger partial charge >= 0.3 is 0 Å². The van der Waals surface area contributed by atoms with Gasteiger partial charge in [-0.1, -0.05) is 18.2 Å². The highest BCUT2D eigenvalue weighted by Gasteiger charge is 2.11. The average Bonchev–Trinajstić information content (AvgIpc) is 3.26. The highest BCUT2D eigenvalue weighted by Crippen LogP contribution is 2.26. The van der Waals surface area contributed by atoms with E-state index < -0.39 is 0 Å². The van der Waals surface area contributed by atoms with Crippen molar-refractivity contribution in [2.45, 2.75) is 6.54 Å². The van der Waals surface area contributed by atoms with Crippen LogP contribution >= 0.6 is 0 Å². The Balaban J connectivity index is 1.49. The minimum Gasteiger partial charge on any atom is -0.454 e. The summed E-state index contributed by atoms with van der Waals surface area (Å²) in [6.45, 7) is 0.0802. The number of aryl methyl sites for hydroxylation is 1. The molecule has 0 radical (unpaired) electrons. The Morgan fingerprint density at radius 1 is 1.25 bits per heavy atom. The number of nitrogens with zero attached hydrogens (tertiary/aromatic N) is 5. The molecular formula is C16H14N6O2. The molecule has 0 aliphatic carbocycles. The van der Waals surface area contributed by atoms with Crippen LogP contribution in [0, 0.1) is 0 Å². The summed E-state index contributed by atoms with van der Waals surface area (Å²) in [6, 6.07) is 11.5. The van der Waals surface area contributed by atoms with Gasteiger partial charge in [0.1, 0.15) is 17.8 Å². The van der Waals surface area contributed by atoms with Crippen LogP contribution in [-0.4, -0.2) is 30.7 Å². The summed E-state index contributed by atoms with van der Waals surface area (Å²) in [5.74, 6) is 0.853. The van der Waals surface area contributed by atoms with Gasteiger partial charge in [-0.25, -0.2) is 0 Å². The lowest BCUT2D eigenvalue weighted by Crippen LogP contribution is -2.19. The maximum absolute atomic E-state index is 12.0. The number of hydrogen-bond acceptors (Lipinski definition) is 5. The third-order valence-electron chi connectivity index (χ3n) is 3.49. The van der Waals surface area contributed by atoms with Gasteiger partial charge < -0.3 is 9.73 Å². The van der Waals surface area contributed by atoms with E-state index in [0.29, 0.717) is 17.3 Å². The Bertz CT molecular complexity index is 979. The van der Waals surface area contributed by atoms with E-state index in [9.17, 15) is 4.79 Å². The number of benzene rings is 1. The Kier molecular flexibility index (Phi) is 3.34. The van der Waals surface area contributed by atoms with Gasteiger partial charge in [0.2, 0.25) is 5.91 Å². The lowest BCUT2D eigenvalue weighted by Gasteiger charge is -2.01. The molecule has 0 bridgehead atoms. The van der Waals surface area contributed by atoms with Gasteiger partial charge in [0, 0.05) is 18.6 Å². The van der Waals surface area contributed by atoms with Gasteiger partial charge in [-0.3, -0.25) is 9.48 Å². The van der Waals surface area contributed by atoms with Crippen molar-refractivity contribution in [3.8, 4) is 11.5 Å². The SMILES string of the molecule is Cn1ncc(NC(=O)Cn2ccc(-c3cc4ccccc4o3)n2)n1. The summed E-state index contributed by atoms with van der Waals surface area (Å²) in [5.41, 5.74) is 1.49. The molecule has 3 heterocycles. The van der Waals surface area contributed by atoms with E-state index in [0.717, 1.165) is 11.0 Å². The van der Waals surface area contributed by atoms with Gasteiger partial charge in [0.25, 0.3) is 0 Å². The first-order valence-electron chi connectivity index (χ1n) is 7.36. The van der Waals surface area contributed by atoms with E-state index in [4.69, 9.17) is 4.42 Å². The lowest BCUT2D eigenvalue weighted by atomic mass is 10.2. The van der Waals surface area contributed by atoms with E-state index in [-0.39, 0.29) is 12.5 Å². The molecule has 4 aromatic rings. The number of carbonyl (C=O) groups is 1. The Morgan fingerprint density at radius 3 is 2.92 bits per heavy atom. The normalized spacial score (nSPS) is 11.0. The molecule has 8 heteroatoms. The number of para-hydroxylation sites is 1. The molecule has 3 aromatic heterocycles. The molecule has 0 saturated carbocycles. The predicted molar refractivity (Wildman–Crippen MR) is 87.1 cm³/mol. The number of aromatic nitrogens is 5. The predicted octanol–water partition coefficient (Wildman–Crippen LogP) is 2.06. The van der Waals surface area contributed by atoms with Crippen molar-refractivity contribution in [1.82, 2.24) is 24.8 Å². The average molecular weight is 322 g/mol. The summed E-state index contributed by atoms with van der Waals surface area (Å²) in [4.78, 5) is 13.4. The van der Waals surface area contributed by atoms with Crippen LogP contribution in [0.5, 0.6) is 0 Å². The fraction of sp³-hybridized carbons (Fsp3) is 0.125. The fourth-order valence-corrected chi connectivity index (χ4v) is 2.42. The number of amides is 1. The highest BCUT2D eigenvalue weighted by atomic mass is 16.3. The molecule has 4 rings (SSSR count). The van der Waals surface area contributed by atoms with E-state index in [2.05, 4.69) is 20.6 Å². The van der Waals surface area contributed by atoms with Crippen molar-refractivity contribution in [2.24, 2.45) is 7.05 Å². The van der Waals surface area contributed by atoms with E-state index in [1.807, 2.05) is 36.4 Å². The van der Waals surface area contributed by atoms with Crippen molar-refractivity contribution in [3.05, 3.63) is 48.8 Å². The summed E-state index contributed by atoms with van der Waals surface area (Å²) < 4.78 is 7.32. The van der Waals surface area contributed by atoms with Crippen molar-refractivity contribution in [1.29, 1.82) is 0 Å². The largest absolute Gasteiger partial charge is 0.454 e. The molecule has 120 valence electrons. The smallest absolute Gasteiger partial charge is 0.247 e. The molecule has 1 aromatic carbocycles. The number of fused-ring (bicyclic) bond motifs is 1. The third-order valence-corrected chi connectivity index (χ3v) is 3.49. The molecule has 0 spiro atoms. The van der Waals surface area contributed by atoms with Gasteiger partial charge in [0.05, 0.1) is 6.20 Å². The van der Waals surface area contributed by atoms with Crippen LogP contribution in [0.25, 0.3) is 22.4 Å². The number of nitrogens with one attached hydrogen (secondary N) is 1. The number of anilines is 1. The van der Waals surface area contributed by atoms with Gasteiger partial charge in [0.15, 0.2) is 11.6 Å². The molecule has 0 atom stereocenters. The quantitative estimate of drug-likeness (QED) is 0.621. The summed E-state index contributed by atoms with van der Waals surface area (Å²) in [6.07, 6.45) is 3.22. The molecule has 0 aliphatic heterocycles. The van der Waals surface area contributed by atoms with E-state index in [1.165, 1.54) is 11.0 Å². The van der Waals surface area contributed by atoms with E-state index >= 15 is 0 Å². The van der Waals surface area contributed by atoms with Crippen molar-refractivity contribution in [3.63, 3.8) is 0 Å². The highest BCUT2D eigenvalue weighted by molar-refractivity contribution is 5.89. The van der Waals surface area contributed by atoms with Crippen molar-refractivity contribution >= 4 is 22.7 Å².